The number of carbonyl (C=O) groups is 2. The zero-order valence-corrected chi connectivity index (χ0v) is 13.0. The second-order valence-electron chi connectivity index (χ2n) is 4.42. The fraction of sp³-hybridized carbons (Fsp3) is 0.385. The normalized spacial score (nSPS) is 17.5. The third-order valence-electron chi connectivity index (χ3n) is 2.77. The number of carbonyl (C=O) groups excluding carboxylic acids is 2. The molecule has 0 bridgehead atoms. The van der Waals surface area contributed by atoms with E-state index in [1.807, 2.05) is 0 Å². The number of hydrogen-bond donors (Lipinski definition) is 3. The fourth-order valence-corrected chi connectivity index (χ4v) is 2.04. The molecule has 0 aliphatic carbocycles. The summed E-state index contributed by atoms with van der Waals surface area (Å²) in [5.41, 5.74) is 0.950. The van der Waals surface area contributed by atoms with Gasteiger partial charge in [-0.25, -0.2) is 0 Å². The van der Waals surface area contributed by atoms with E-state index in [1.54, 1.807) is 18.2 Å². The van der Waals surface area contributed by atoms with Gasteiger partial charge in [-0.2, -0.15) is 0 Å². The molecule has 1 atom stereocenters. The fourth-order valence-electron chi connectivity index (χ4n) is 1.87. The van der Waals surface area contributed by atoms with Crippen LogP contribution in [0.3, 0.4) is 0 Å². The highest BCUT2D eigenvalue weighted by Crippen LogP contribution is 2.26. The van der Waals surface area contributed by atoms with Gasteiger partial charge in [0.2, 0.25) is 5.91 Å². The van der Waals surface area contributed by atoms with Crippen LogP contribution in [-0.2, 0) is 14.3 Å². The van der Waals surface area contributed by atoms with Crippen molar-refractivity contribution < 1.29 is 14.3 Å². The first-order valence-electron chi connectivity index (χ1n) is 6.26. The summed E-state index contributed by atoms with van der Waals surface area (Å²) in [6.45, 7) is 3.09. The van der Waals surface area contributed by atoms with Gasteiger partial charge in [0.1, 0.15) is 6.10 Å². The lowest BCUT2D eigenvalue weighted by Gasteiger charge is -2.23. The van der Waals surface area contributed by atoms with Gasteiger partial charge in [-0.05, 0) is 18.2 Å². The molecule has 1 aromatic carbocycles. The van der Waals surface area contributed by atoms with Crippen molar-refractivity contribution in [1.29, 1.82) is 0 Å². The van der Waals surface area contributed by atoms with E-state index in [0.717, 1.165) is 6.54 Å². The average molecular weight is 334 g/mol. The minimum atomic E-state index is -0.537. The molecule has 2 rings (SSSR count). The van der Waals surface area contributed by atoms with Gasteiger partial charge in [0, 0.05) is 25.0 Å². The number of benzene rings is 1. The summed E-state index contributed by atoms with van der Waals surface area (Å²) in [7, 11) is 0. The van der Waals surface area contributed by atoms with Gasteiger partial charge in [0.25, 0.3) is 5.91 Å². The van der Waals surface area contributed by atoms with Crippen LogP contribution in [0.25, 0.3) is 0 Å². The molecule has 3 N–H and O–H groups in total. The summed E-state index contributed by atoms with van der Waals surface area (Å²) >= 11 is 5.89. The van der Waals surface area contributed by atoms with E-state index in [4.69, 9.17) is 16.3 Å². The van der Waals surface area contributed by atoms with Crippen LogP contribution in [0.15, 0.2) is 18.2 Å². The van der Waals surface area contributed by atoms with Crippen LogP contribution in [0.4, 0.5) is 11.4 Å². The number of nitrogens with one attached hydrogen (secondary N) is 3. The number of rotatable bonds is 3. The SMILES string of the molecule is CC(=O)Nc1cc(Cl)ccc1NC(=O)C1CNCCO1.Cl. The Morgan fingerprint density at radius 2 is 2.10 bits per heavy atom. The maximum Gasteiger partial charge on any atom is 0.254 e. The lowest BCUT2D eigenvalue weighted by atomic mass is 10.2. The van der Waals surface area contributed by atoms with Crippen molar-refractivity contribution in [1.82, 2.24) is 5.32 Å². The molecule has 0 saturated carbocycles. The van der Waals surface area contributed by atoms with E-state index in [-0.39, 0.29) is 24.2 Å². The van der Waals surface area contributed by atoms with Crippen molar-refractivity contribution in [2.45, 2.75) is 13.0 Å². The van der Waals surface area contributed by atoms with Crippen LogP contribution in [0.1, 0.15) is 6.92 Å². The smallest absolute Gasteiger partial charge is 0.254 e. The van der Waals surface area contributed by atoms with Crippen LogP contribution in [-0.4, -0.2) is 37.6 Å². The van der Waals surface area contributed by atoms with Crippen LogP contribution in [0.5, 0.6) is 0 Å². The van der Waals surface area contributed by atoms with E-state index in [2.05, 4.69) is 16.0 Å². The maximum atomic E-state index is 12.1. The highest BCUT2D eigenvalue weighted by Gasteiger charge is 2.22. The Morgan fingerprint density at radius 3 is 2.71 bits per heavy atom. The summed E-state index contributed by atoms with van der Waals surface area (Å²) in [6, 6.07) is 4.86. The van der Waals surface area contributed by atoms with Crippen molar-refractivity contribution in [2.24, 2.45) is 0 Å². The monoisotopic (exact) mass is 333 g/mol. The molecular formula is C13H17Cl2N3O3. The number of morpholine rings is 1. The molecule has 2 amide bonds. The third kappa shape index (κ3) is 5.17. The summed E-state index contributed by atoms with van der Waals surface area (Å²) in [5, 5.41) is 8.92. The molecule has 0 aromatic heterocycles. The van der Waals surface area contributed by atoms with Crippen LogP contribution >= 0.6 is 24.0 Å². The second kappa shape index (κ2) is 8.19. The van der Waals surface area contributed by atoms with E-state index < -0.39 is 6.10 Å². The Hall–Kier alpha value is -1.34. The van der Waals surface area contributed by atoms with Gasteiger partial charge < -0.3 is 20.7 Å². The van der Waals surface area contributed by atoms with Gasteiger partial charge in [0.05, 0.1) is 18.0 Å². The zero-order valence-electron chi connectivity index (χ0n) is 11.4. The van der Waals surface area contributed by atoms with Crippen LogP contribution < -0.4 is 16.0 Å². The van der Waals surface area contributed by atoms with Gasteiger partial charge in [0.15, 0.2) is 0 Å². The second-order valence-corrected chi connectivity index (χ2v) is 4.86. The predicted molar refractivity (Wildman–Crippen MR) is 84.2 cm³/mol. The Balaban J connectivity index is 0.00000220. The maximum absolute atomic E-state index is 12.1. The lowest BCUT2D eigenvalue weighted by molar-refractivity contribution is -0.128. The standard InChI is InChI=1S/C13H16ClN3O3.ClH/c1-8(18)16-11-6-9(14)2-3-10(11)17-13(19)12-7-15-4-5-20-12;/h2-3,6,12,15H,4-5,7H2,1H3,(H,16,18)(H,17,19);1H. The highest BCUT2D eigenvalue weighted by atomic mass is 35.5. The van der Waals surface area contributed by atoms with Gasteiger partial charge >= 0.3 is 0 Å². The molecule has 1 heterocycles. The number of amides is 2. The summed E-state index contributed by atoms with van der Waals surface area (Å²) in [6.07, 6.45) is -0.537. The van der Waals surface area contributed by atoms with Crippen LogP contribution in [0.2, 0.25) is 5.02 Å². The molecule has 1 unspecified atom stereocenters. The van der Waals surface area contributed by atoms with E-state index in [9.17, 15) is 9.59 Å². The summed E-state index contributed by atoms with van der Waals surface area (Å²) < 4.78 is 5.37. The molecule has 1 fully saturated rings. The van der Waals surface area contributed by atoms with E-state index in [1.165, 1.54) is 6.92 Å². The molecule has 1 aromatic rings. The Bertz CT molecular complexity index is 519. The van der Waals surface area contributed by atoms with E-state index in [0.29, 0.717) is 29.5 Å². The van der Waals surface area contributed by atoms with E-state index >= 15 is 0 Å². The minimum Gasteiger partial charge on any atom is -0.366 e. The molecule has 8 heteroatoms. The van der Waals surface area contributed by atoms with Crippen molar-refractivity contribution >= 4 is 47.2 Å². The lowest BCUT2D eigenvalue weighted by Crippen LogP contribution is -2.45. The van der Waals surface area contributed by atoms with Gasteiger partial charge in [-0.3, -0.25) is 9.59 Å². The number of halogens is 2. The molecule has 1 aliphatic heterocycles. The van der Waals surface area contributed by atoms with Crippen molar-refractivity contribution in [2.75, 3.05) is 30.3 Å². The molecule has 116 valence electrons. The Morgan fingerprint density at radius 1 is 1.33 bits per heavy atom. The van der Waals surface area contributed by atoms with Crippen LogP contribution in [0, 0.1) is 0 Å². The Kier molecular flexibility index (Phi) is 6.91. The first kappa shape index (κ1) is 17.7. The highest BCUT2D eigenvalue weighted by molar-refractivity contribution is 6.31. The molecule has 1 aliphatic rings. The number of ether oxygens (including phenoxy) is 1. The van der Waals surface area contributed by atoms with Crippen molar-refractivity contribution in [3.63, 3.8) is 0 Å². The van der Waals surface area contributed by atoms with Crippen molar-refractivity contribution in [3.8, 4) is 0 Å². The molecule has 0 radical (unpaired) electrons. The summed E-state index contributed by atoms with van der Waals surface area (Å²) in [4.78, 5) is 23.2. The average Bonchev–Trinajstić information content (AvgIpc) is 2.42. The first-order valence-corrected chi connectivity index (χ1v) is 6.64. The number of anilines is 2. The predicted octanol–water partition coefficient (Wildman–Crippen LogP) is 1.65. The molecule has 6 nitrogen and oxygen atoms in total. The molecule has 21 heavy (non-hydrogen) atoms. The number of hydrogen-bond acceptors (Lipinski definition) is 4. The molecular weight excluding hydrogens is 317 g/mol. The largest absolute Gasteiger partial charge is 0.366 e. The Labute approximate surface area is 134 Å². The topological polar surface area (TPSA) is 79.5 Å². The third-order valence-corrected chi connectivity index (χ3v) is 3.01. The summed E-state index contributed by atoms with van der Waals surface area (Å²) in [5.74, 6) is -0.496. The zero-order chi connectivity index (χ0) is 14.5. The quantitative estimate of drug-likeness (QED) is 0.785. The van der Waals surface area contributed by atoms with Gasteiger partial charge in [-0.1, -0.05) is 11.6 Å². The van der Waals surface area contributed by atoms with Gasteiger partial charge in [-0.15, -0.1) is 12.4 Å². The minimum absolute atomic E-state index is 0. The first-order chi connectivity index (χ1) is 9.56. The molecule has 1 saturated heterocycles. The van der Waals surface area contributed by atoms with Crippen molar-refractivity contribution in [3.05, 3.63) is 23.2 Å². The molecule has 0 spiro atoms.